The molecule has 0 aliphatic rings. The number of aliphatic hydroxyl groups excluding tert-OH is 2. The van der Waals surface area contributed by atoms with Crippen molar-refractivity contribution in [3.8, 4) is 5.75 Å². The average molecular weight is 182 g/mol. The van der Waals surface area contributed by atoms with Crippen LogP contribution in [0, 0.1) is 0 Å². The average Bonchev–Trinajstić information content (AvgIpc) is 2.11. The van der Waals surface area contributed by atoms with E-state index in [1.807, 2.05) is 6.07 Å². The van der Waals surface area contributed by atoms with E-state index in [-0.39, 0.29) is 19.0 Å². The second-order valence-corrected chi connectivity index (χ2v) is 2.86. The van der Waals surface area contributed by atoms with Crippen LogP contribution in [0.1, 0.15) is 11.1 Å². The highest BCUT2D eigenvalue weighted by Crippen LogP contribution is 2.21. The topological polar surface area (TPSA) is 60.7 Å². The smallest absolute Gasteiger partial charge is 0.119 e. The first kappa shape index (κ1) is 10.0. The molecule has 0 fully saturated rings. The lowest BCUT2D eigenvalue weighted by Crippen LogP contribution is -2.00. The van der Waals surface area contributed by atoms with Gasteiger partial charge < -0.3 is 15.3 Å². The quantitative estimate of drug-likeness (QED) is 0.634. The van der Waals surface area contributed by atoms with Crippen molar-refractivity contribution in [2.45, 2.75) is 12.8 Å². The van der Waals surface area contributed by atoms with Crippen LogP contribution in [0.5, 0.6) is 5.75 Å². The van der Waals surface area contributed by atoms with Crippen LogP contribution in [0.15, 0.2) is 18.2 Å². The number of hydrogen-bond donors (Lipinski definition) is 3. The number of phenols is 1. The molecule has 72 valence electrons. The molecule has 0 aromatic heterocycles. The summed E-state index contributed by atoms with van der Waals surface area (Å²) in [6.07, 6.45) is 0.950. The Morgan fingerprint density at radius 3 is 2.31 bits per heavy atom. The van der Waals surface area contributed by atoms with Crippen LogP contribution in [-0.2, 0) is 12.8 Å². The molecule has 0 amide bonds. The third-order valence-corrected chi connectivity index (χ3v) is 1.99. The molecule has 0 aliphatic heterocycles. The summed E-state index contributed by atoms with van der Waals surface area (Å²) < 4.78 is 0. The summed E-state index contributed by atoms with van der Waals surface area (Å²) in [7, 11) is 0. The molecule has 3 nitrogen and oxygen atoms in total. The van der Waals surface area contributed by atoms with Crippen molar-refractivity contribution in [1.29, 1.82) is 0 Å². The first-order valence-electron chi connectivity index (χ1n) is 4.31. The lowest BCUT2D eigenvalue weighted by molar-refractivity contribution is 0.291. The second kappa shape index (κ2) is 4.84. The highest BCUT2D eigenvalue weighted by Gasteiger charge is 2.05. The second-order valence-electron chi connectivity index (χ2n) is 2.86. The van der Waals surface area contributed by atoms with E-state index in [1.54, 1.807) is 12.1 Å². The minimum Gasteiger partial charge on any atom is -0.508 e. The van der Waals surface area contributed by atoms with E-state index >= 15 is 0 Å². The van der Waals surface area contributed by atoms with E-state index in [0.717, 1.165) is 11.1 Å². The minimum absolute atomic E-state index is 0.00992. The predicted octanol–water partition coefficient (Wildman–Crippen LogP) is 0.462. The number of rotatable bonds is 4. The van der Waals surface area contributed by atoms with Crippen molar-refractivity contribution in [2.24, 2.45) is 0 Å². The third-order valence-electron chi connectivity index (χ3n) is 1.99. The largest absolute Gasteiger partial charge is 0.508 e. The highest BCUT2D eigenvalue weighted by molar-refractivity contribution is 5.39. The van der Waals surface area contributed by atoms with E-state index in [1.165, 1.54) is 0 Å². The van der Waals surface area contributed by atoms with E-state index in [2.05, 4.69) is 0 Å². The Bertz CT molecular complexity index is 271. The fraction of sp³-hybridized carbons (Fsp3) is 0.400. The van der Waals surface area contributed by atoms with Gasteiger partial charge in [0.05, 0.1) is 0 Å². The van der Waals surface area contributed by atoms with Crippen LogP contribution in [0.25, 0.3) is 0 Å². The van der Waals surface area contributed by atoms with Gasteiger partial charge in [-0.3, -0.25) is 0 Å². The van der Waals surface area contributed by atoms with Gasteiger partial charge in [-0.1, -0.05) is 12.1 Å². The molecular formula is C10H14O3. The summed E-state index contributed by atoms with van der Waals surface area (Å²) in [5.74, 6) is 0.194. The van der Waals surface area contributed by atoms with Crippen LogP contribution in [0.3, 0.4) is 0 Å². The Hall–Kier alpha value is -1.06. The van der Waals surface area contributed by atoms with Crippen molar-refractivity contribution < 1.29 is 15.3 Å². The molecule has 3 heteroatoms. The monoisotopic (exact) mass is 182 g/mol. The zero-order chi connectivity index (χ0) is 9.68. The van der Waals surface area contributed by atoms with E-state index in [4.69, 9.17) is 10.2 Å². The van der Waals surface area contributed by atoms with Gasteiger partial charge in [-0.05, 0) is 30.0 Å². The van der Waals surface area contributed by atoms with Crippen LogP contribution in [0.4, 0.5) is 0 Å². The Morgan fingerprint density at radius 2 is 1.69 bits per heavy atom. The predicted molar refractivity (Wildman–Crippen MR) is 49.7 cm³/mol. The Morgan fingerprint density at radius 1 is 1.00 bits per heavy atom. The maximum absolute atomic E-state index is 9.46. The van der Waals surface area contributed by atoms with Crippen molar-refractivity contribution in [3.63, 3.8) is 0 Å². The maximum atomic E-state index is 9.46. The van der Waals surface area contributed by atoms with E-state index in [0.29, 0.717) is 12.8 Å². The molecule has 0 atom stereocenters. The molecule has 13 heavy (non-hydrogen) atoms. The fourth-order valence-electron chi connectivity index (χ4n) is 1.38. The van der Waals surface area contributed by atoms with Gasteiger partial charge in [-0.15, -0.1) is 0 Å². The van der Waals surface area contributed by atoms with Crippen molar-refractivity contribution >= 4 is 0 Å². The van der Waals surface area contributed by atoms with Gasteiger partial charge in [0.15, 0.2) is 0 Å². The molecule has 0 saturated carbocycles. The third kappa shape index (κ3) is 2.44. The Labute approximate surface area is 77.3 Å². The Kier molecular flexibility index (Phi) is 3.73. The zero-order valence-electron chi connectivity index (χ0n) is 7.40. The molecule has 0 saturated heterocycles. The van der Waals surface area contributed by atoms with Crippen molar-refractivity contribution in [3.05, 3.63) is 29.3 Å². The number of benzene rings is 1. The van der Waals surface area contributed by atoms with E-state index < -0.39 is 0 Å². The molecular weight excluding hydrogens is 168 g/mol. The first-order valence-corrected chi connectivity index (χ1v) is 4.31. The van der Waals surface area contributed by atoms with Gasteiger partial charge in [0.1, 0.15) is 5.75 Å². The van der Waals surface area contributed by atoms with Crippen molar-refractivity contribution in [1.82, 2.24) is 0 Å². The van der Waals surface area contributed by atoms with E-state index in [9.17, 15) is 5.11 Å². The minimum atomic E-state index is 0.00992. The summed E-state index contributed by atoms with van der Waals surface area (Å²) >= 11 is 0. The lowest BCUT2D eigenvalue weighted by atomic mass is 10.0. The standard InChI is InChI=1S/C10H14O3/c11-6-4-8-2-1-3-10(13)9(8)5-7-12/h1-3,11-13H,4-7H2. The van der Waals surface area contributed by atoms with Gasteiger partial charge in [-0.25, -0.2) is 0 Å². The first-order chi connectivity index (χ1) is 6.29. The van der Waals surface area contributed by atoms with Crippen molar-refractivity contribution in [2.75, 3.05) is 13.2 Å². The molecule has 3 N–H and O–H groups in total. The summed E-state index contributed by atoms with van der Waals surface area (Å²) in [5, 5.41) is 27.0. The molecule has 0 radical (unpaired) electrons. The fourth-order valence-corrected chi connectivity index (χ4v) is 1.38. The molecule has 0 unspecified atom stereocenters. The lowest BCUT2D eigenvalue weighted by Gasteiger charge is -2.08. The number of phenolic OH excluding ortho intramolecular Hbond substituents is 1. The normalized spacial score (nSPS) is 10.3. The zero-order valence-corrected chi connectivity index (χ0v) is 7.40. The summed E-state index contributed by atoms with van der Waals surface area (Å²) in [6.45, 7) is 0.0673. The van der Waals surface area contributed by atoms with Crippen LogP contribution < -0.4 is 0 Å². The molecule has 0 spiro atoms. The van der Waals surface area contributed by atoms with Gasteiger partial charge in [0.2, 0.25) is 0 Å². The molecule has 0 aliphatic carbocycles. The highest BCUT2D eigenvalue weighted by atomic mass is 16.3. The molecule has 0 bridgehead atoms. The number of aromatic hydroxyl groups is 1. The van der Waals surface area contributed by atoms with Crippen LogP contribution >= 0.6 is 0 Å². The molecule has 1 rings (SSSR count). The van der Waals surface area contributed by atoms with Gasteiger partial charge in [0.25, 0.3) is 0 Å². The molecule has 0 heterocycles. The molecule has 1 aromatic rings. The van der Waals surface area contributed by atoms with Gasteiger partial charge in [-0.2, -0.15) is 0 Å². The van der Waals surface area contributed by atoms with Crippen LogP contribution in [-0.4, -0.2) is 28.5 Å². The van der Waals surface area contributed by atoms with Gasteiger partial charge in [0, 0.05) is 13.2 Å². The van der Waals surface area contributed by atoms with Gasteiger partial charge >= 0.3 is 0 Å². The summed E-state index contributed by atoms with van der Waals surface area (Å²) in [5.41, 5.74) is 1.63. The Balaban J connectivity index is 2.95. The number of hydrogen-bond acceptors (Lipinski definition) is 3. The summed E-state index contributed by atoms with van der Waals surface area (Å²) in [4.78, 5) is 0. The maximum Gasteiger partial charge on any atom is 0.119 e. The SMILES string of the molecule is OCCc1cccc(O)c1CCO. The molecule has 1 aromatic carbocycles. The summed E-state index contributed by atoms with van der Waals surface area (Å²) in [6, 6.07) is 5.17. The van der Waals surface area contributed by atoms with Crippen LogP contribution in [0.2, 0.25) is 0 Å². The number of aliphatic hydroxyl groups is 2.